The third kappa shape index (κ3) is 3.54. The third-order valence-electron chi connectivity index (χ3n) is 4.18. The Morgan fingerprint density at radius 3 is 2.36 bits per heavy atom. The first-order valence-corrected chi connectivity index (χ1v) is 7.83. The molecule has 0 spiro atoms. The Morgan fingerprint density at radius 1 is 1.04 bits per heavy atom. The van der Waals surface area contributed by atoms with Crippen molar-refractivity contribution in [2.45, 2.75) is 19.0 Å². The van der Waals surface area contributed by atoms with Gasteiger partial charge < -0.3 is 20.5 Å². The lowest BCUT2D eigenvalue weighted by Gasteiger charge is -2.06. The molecule has 128 valence electrons. The van der Waals surface area contributed by atoms with Crippen molar-refractivity contribution in [3.63, 3.8) is 0 Å². The van der Waals surface area contributed by atoms with Crippen LogP contribution in [0, 0.1) is 0 Å². The van der Waals surface area contributed by atoms with E-state index in [9.17, 15) is 9.59 Å². The van der Waals surface area contributed by atoms with Gasteiger partial charge >= 0.3 is 11.9 Å². The standard InChI is InChI=1S/C19H18N2O4/c20-16(19(24)25)9-14-11-21(17-4-2-1-3-15(14)17)10-12-5-7-13(8-6-12)18(22)23/h1-8,11,16H,9-10,20H2,(H,22,23)(H,24,25)/t16-/m0/s1. The van der Waals surface area contributed by atoms with Gasteiger partial charge in [0.15, 0.2) is 0 Å². The van der Waals surface area contributed by atoms with Crippen LogP contribution < -0.4 is 5.73 Å². The Labute approximate surface area is 144 Å². The SMILES string of the molecule is N[C@@H](Cc1cn(Cc2ccc(C(=O)O)cc2)c2ccccc12)C(=O)O. The number of hydrogen-bond donors (Lipinski definition) is 3. The summed E-state index contributed by atoms with van der Waals surface area (Å²) < 4.78 is 2.02. The van der Waals surface area contributed by atoms with Gasteiger partial charge in [-0.05, 0) is 29.3 Å². The van der Waals surface area contributed by atoms with E-state index in [4.69, 9.17) is 15.9 Å². The second kappa shape index (κ2) is 6.78. The van der Waals surface area contributed by atoms with Crippen molar-refractivity contribution in [3.8, 4) is 0 Å². The van der Waals surface area contributed by atoms with Gasteiger partial charge in [-0.25, -0.2) is 4.79 Å². The maximum atomic E-state index is 11.0. The van der Waals surface area contributed by atoms with E-state index in [2.05, 4.69) is 0 Å². The Kier molecular flexibility index (Phi) is 4.54. The third-order valence-corrected chi connectivity index (χ3v) is 4.18. The number of aromatic nitrogens is 1. The largest absolute Gasteiger partial charge is 0.480 e. The van der Waals surface area contributed by atoms with Crippen LogP contribution in [-0.4, -0.2) is 32.8 Å². The summed E-state index contributed by atoms with van der Waals surface area (Å²) >= 11 is 0. The lowest BCUT2D eigenvalue weighted by Crippen LogP contribution is -2.32. The Bertz CT molecular complexity index is 928. The zero-order chi connectivity index (χ0) is 18.0. The van der Waals surface area contributed by atoms with E-state index in [1.54, 1.807) is 24.3 Å². The van der Waals surface area contributed by atoms with E-state index in [1.165, 1.54) is 0 Å². The molecule has 6 heteroatoms. The van der Waals surface area contributed by atoms with E-state index >= 15 is 0 Å². The predicted octanol–water partition coefficient (Wildman–Crippen LogP) is 2.34. The minimum Gasteiger partial charge on any atom is -0.480 e. The van der Waals surface area contributed by atoms with Crippen LogP contribution in [0.25, 0.3) is 10.9 Å². The quantitative estimate of drug-likeness (QED) is 0.640. The maximum absolute atomic E-state index is 11.0. The Balaban J connectivity index is 1.93. The number of aliphatic carboxylic acids is 1. The second-order valence-corrected chi connectivity index (χ2v) is 5.95. The van der Waals surface area contributed by atoms with Crippen molar-refractivity contribution in [2.75, 3.05) is 0 Å². The summed E-state index contributed by atoms with van der Waals surface area (Å²) in [6.07, 6.45) is 2.17. The molecule has 0 radical (unpaired) electrons. The van der Waals surface area contributed by atoms with Gasteiger partial charge in [0.1, 0.15) is 6.04 Å². The number of carbonyl (C=O) groups is 2. The summed E-state index contributed by atoms with van der Waals surface area (Å²) in [4.78, 5) is 22.0. The highest BCUT2D eigenvalue weighted by Crippen LogP contribution is 2.23. The molecule has 3 aromatic rings. The number of benzene rings is 2. The minimum absolute atomic E-state index is 0.245. The van der Waals surface area contributed by atoms with Crippen LogP contribution in [0.2, 0.25) is 0 Å². The Morgan fingerprint density at radius 2 is 1.72 bits per heavy atom. The zero-order valence-corrected chi connectivity index (χ0v) is 13.4. The molecule has 4 N–H and O–H groups in total. The average molecular weight is 338 g/mol. The highest BCUT2D eigenvalue weighted by molar-refractivity contribution is 5.87. The lowest BCUT2D eigenvalue weighted by atomic mass is 10.1. The minimum atomic E-state index is -1.03. The molecule has 6 nitrogen and oxygen atoms in total. The summed E-state index contributed by atoms with van der Waals surface area (Å²) in [7, 11) is 0. The molecule has 0 aliphatic carbocycles. The summed E-state index contributed by atoms with van der Waals surface area (Å²) in [5, 5.41) is 19.0. The van der Waals surface area contributed by atoms with Crippen molar-refractivity contribution in [1.82, 2.24) is 4.57 Å². The van der Waals surface area contributed by atoms with E-state index in [0.29, 0.717) is 6.54 Å². The number of hydrogen-bond acceptors (Lipinski definition) is 3. The van der Waals surface area contributed by atoms with E-state index < -0.39 is 18.0 Å². The van der Waals surface area contributed by atoms with E-state index in [0.717, 1.165) is 22.0 Å². The fourth-order valence-electron chi connectivity index (χ4n) is 2.89. The fourth-order valence-corrected chi connectivity index (χ4v) is 2.89. The molecular weight excluding hydrogens is 320 g/mol. The Hall–Kier alpha value is -3.12. The molecule has 0 bridgehead atoms. The molecular formula is C19H18N2O4. The van der Waals surface area contributed by atoms with Gasteiger partial charge in [-0.3, -0.25) is 4.79 Å². The van der Waals surface area contributed by atoms with Crippen LogP contribution in [0.1, 0.15) is 21.5 Å². The molecule has 1 aromatic heterocycles. The van der Waals surface area contributed by atoms with Crippen molar-refractivity contribution < 1.29 is 19.8 Å². The first-order valence-electron chi connectivity index (χ1n) is 7.83. The van der Waals surface area contributed by atoms with Gasteiger partial charge in [-0.2, -0.15) is 0 Å². The fraction of sp³-hybridized carbons (Fsp3) is 0.158. The van der Waals surface area contributed by atoms with Crippen LogP contribution >= 0.6 is 0 Å². The first kappa shape index (κ1) is 16.7. The van der Waals surface area contributed by atoms with Crippen LogP contribution in [0.15, 0.2) is 54.7 Å². The smallest absolute Gasteiger partial charge is 0.335 e. The number of carboxylic acid groups (broad SMARTS) is 2. The molecule has 0 aliphatic heterocycles. The van der Waals surface area contributed by atoms with Crippen LogP contribution in [0.5, 0.6) is 0 Å². The summed E-state index contributed by atoms with van der Waals surface area (Å²) in [5.74, 6) is -1.98. The summed E-state index contributed by atoms with van der Waals surface area (Å²) in [6, 6.07) is 13.5. The monoisotopic (exact) mass is 338 g/mol. The molecule has 3 rings (SSSR count). The normalized spacial score (nSPS) is 12.2. The molecule has 25 heavy (non-hydrogen) atoms. The van der Waals surface area contributed by atoms with Gasteiger partial charge in [-0.1, -0.05) is 30.3 Å². The summed E-state index contributed by atoms with van der Waals surface area (Å²) in [5.41, 5.74) is 8.75. The van der Waals surface area contributed by atoms with Crippen molar-refractivity contribution in [3.05, 3.63) is 71.4 Å². The number of carboxylic acids is 2. The molecule has 0 fully saturated rings. The van der Waals surface area contributed by atoms with Gasteiger partial charge in [0.2, 0.25) is 0 Å². The van der Waals surface area contributed by atoms with Crippen molar-refractivity contribution in [1.29, 1.82) is 0 Å². The number of nitrogens with zero attached hydrogens (tertiary/aromatic N) is 1. The molecule has 0 aliphatic rings. The molecule has 0 saturated heterocycles. The first-order chi connectivity index (χ1) is 12.0. The highest BCUT2D eigenvalue weighted by Gasteiger charge is 2.16. The summed E-state index contributed by atoms with van der Waals surface area (Å²) in [6.45, 7) is 0.558. The van der Waals surface area contributed by atoms with Gasteiger partial charge in [0.05, 0.1) is 5.56 Å². The van der Waals surface area contributed by atoms with E-state index in [-0.39, 0.29) is 12.0 Å². The van der Waals surface area contributed by atoms with Crippen molar-refractivity contribution in [2.24, 2.45) is 5.73 Å². The molecule has 0 unspecified atom stereocenters. The number of fused-ring (bicyclic) bond motifs is 1. The number of para-hydroxylation sites is 1. The lowest BCUT2D eigenvalue weighted by molar-refractivity contribution is -0.138. The van der Waals surface area contributed by atoms with Crippen LogP contribution in [0.4, 0.5) is 0 Å². The number of aromatic carboxylic acids is 1. The topological polar surface area (TPSA) is 106 Å². The van der Waals surface area contributed by atoms with E-state index in [1.807, 2.05) is 35.0 Å². The second-order valence-electron chi connectivity index (χ2n) is 5.95. The van der Waals surface area contributed by atoms with Crippen LogP contribution in [-0.2, 0) is 17.8 Å². The zero-order valence-electron chi connectivity index (χ0n) is 13.4. The number of rotatable bonds is 6. The number of nitrogens with two attached hydrogens (primary N) is 1. The maximum Gasteiger partial charge on any atom is 0.335 e. The highest BCUT2D eigenvalue weighted by atomic mass is 16.4. The average Bonchev–Trinajstić information content (AvgIpc) is 2.93. The molecule has 1 atom stereocenters. The predicted molar refractivity (Wildman–Crippen MR) is 93.8 cm³/mol. The molecule has 2 aromatic carbocycles. The molecule has 1 heterocycles. The van der Waals surface area contributed by atoms with Crippen molar-refractivity contribution >= 4 is 22.8 Å². The van der Waals surface area contributed by atoms with Gasteiger partial charge in [0, 0.05) is 30.1 Å². The van der Waals surface area contributed by atoms with Crippen LogP contribution in [0.3, 0.4) is 0 Å². The van der Waals surface area contributed by atoms with Gasteiger partial charge in [-0.15, -0.1) is 0 Å². The van der Waals surface area contributed by atoms with Gasteiger partial charge in [0.25, 0.3) is 0 Å². The molecule has 0 saturated carbocycles. The molecule has 0 amide bonds.